The SMILES string of the molecule is O=C(CN1CCCCC1C(=O)O)NCCOc1cccc(Cl)c1. The van der Waals surface area contributed by atoms with Gasteiger partial charge in [0.25, 0.3) is 0 Å². The van der Waals surface area contributed by atoms with Crippen LogP contribution < -0.4 is 10.1 Å². The number of rotatable bonds is 7. The van der Waals surface area contributed by atoms with E-state index in [1.54, 1.807) is 29.2 Å². The number of hydrogen-bond donors (Lipinski definition) is 2. The Bertz CT molecular complexity index is 553. The van der Waals surface area contributed by atoms with Gasteiger partial charge in [0.1, 0.15) is 18.4 Å². The summed E-state index contributed by atoms with van der Waals surface area (Å²) in [5.74, 6) is -0.400. The summed E-state index contributed by atoms with van der Waals surface area (Å²) in [6.45, 7) is 1.43. The number of benzene rings is 1. The van der Waals surface area contributed by atoms with Crippen molar-refractivity contribution in [3.8, 4) is 5.75 Å². The largest absolute Gasteiger partial charge is 0.492 e. The standard InChI is InChI=1S/C16H21ClN2O4/c17-12-4-3-5-13(10-12)23-9-7-18-15(20)11-19-8-2-1-6-14(19)16(21)22/h3-5,10,14H,1-2,6-9,11H2,(H,18,20)(H,21,22). The fourth-order valence-electron chi connectivity index (χ4n) is 2.62. The first-order chi connectivity index (χ1) is 11.1. The van der Waals surface area contributed by atoms with Crippen LogP contribution in [0.4, 0.5) is 0 Å². The van der Waals surface area contributed by atoms with E-state index < -0.39 is 12.0 Å². The van der Waals surface area contributed by atoms with Gasteiger partial charge >= 0.3 is 5.97 Å². The average Bonchev–Trinajstić information content (AvgIpc) is 2.52. The van der Waals surface area contributed by atoms with Crippen molar-refractivity contribution >= 4 is 23.5 Å². The Morgan fingerprint density at radius 3 is 2.96 bits per heavy atom. The lowest BCUT2D eigenvalue weighted by atomic mass is 10.0. The predicted octanol–water partition coefficient (Wildman–Crippen LogP) is 1.77. The molecule has 0 spiro atoms. The molecule has 6 nitrogen and oxygen atoms in total. The Hall–Kier alpha value is -1.79. The van der Waals surface area contributed by atoms with Crippen molar-refractivity contribution in [2.75, 3.05) is 26.2 Å². The van der Waals surface area contributed by atoms with Gasteiger partial charge < -0.3 is 15.2 Å². The van der Waals surface area contributed by atoms with Crippen LogP contribution in [0.5, 0.6) is 5.75 Å². The van der Waals surface area contributed by atoms with E-state index in [9.17, 15) is 14.7 Å². The first kappa shape index (κ1) is 17.6. The van der Waals surface area contributed by atoms with Gasteiger partial charge in [0, 0.05) is 5.02 Å². The van der Waals surface area contributed by atoms with Gasteiger partial charge in [-0.05, 0) is 37.6 Å². The zero-order valence-corrected chi connectivity index (χ0v) is 13.6. The first-order valence-corrected chi connectivity index (χ1v) is 8.06. The quantitative estimate of drug-likeness (QED) is 0.740. The van der Waals surface area contributed by atoms with E-state index >= 15 is 0 Å². The van der Waals surface area contributed by atoms with Gasteiger partial charge in [-0.1, -0.05) is 24.1 Å². The van der Waals surface area contributed by atoms with Crippen molar-refractivity contribution < 1.29 is 19.4 Å². The third kappa shape index (κ3) is 5.73. The van der Waals surface area contributed by atoms with E-state index in [0.717, 1.165) is 12.8 Å². The van der Waals surface area contributed by atoms with Crippen LogP contribution in [0.15, 0.2) is 24.3 Å². The molecule has 126 valence electrons. The van der Waals surface area contributed by atoms with Gasteiger partial charge in [0.15, 0.2) is 0 Å². The Balaban J connectivity index is 1.69. The number of nitrogens with zero attached hydrogens (tertiary/aromatic N) is 1. The van der Waals surface area contributed by atoms with Crippen LogP contribution in [0.25, 0.3) is 0 Å². The van der Waals surface area contributed by atoms with Crippen molar-refractivity contribution in [3.63, 3.8) is 0 Å². The second kappa shape index (κ2) is 8.74. The lowest BCUT2D eigenvalue weighted by Gasteiger charge is -2.32. The van der Waals surface area contributed by atoms with E-state index in [2.05, 4.69) is 5.32 Å². The summed E-state index contributed by atoms with van der Waals surface area (Å²) in [5.41, 5.74) is 0. The maximum absolute atomic E-state index is 11.9. The predicted molar refractivity (Wildman–Crippen MR) is 86.8 cm³/mol. The van der Waals surface area contributed by atoms with Gasteiger partial charge in [-0.2, -0.15) is 0 Å². The van der Waals surface area contributed by atoms with E-state index in [4.69, 9.17) is 16.3 Å². The minimum atomic E-state index is -0.859. The fourth-order valence-corrected chi connectivity index (χ4v) is 2.80. The second-order valence-corrected chi connectivity index (χ2v) is 5.91. The lowest BCUT2D eigenvalue weighted by molar-refractivity contribution is -0.145. The molecule has 1 heterocycles. The van der Waals surface area contributed by atoms with E-state index in [1.165, 1.54) is 0 Å². The van der Waals surface area contributed by atoms with Crippen LogP contribution in [-0.2, 0) is 9.59 Å². The molecular formula is C16H21ClN2O4. The van der Waals surface area contributed by atoms with Crippen LogP contribution in [0.1, 0.15) is 19.3 Å². The molecule has 0 aromatic heterocycles. The molecule has 2 rings (SSSR count). The molecule has 2 N–H and O–H groups in total. The molecular weight excluding hydrogens is 320 g/mol. The molecule has 0 saturated carbocycles. The lowest BCUT2D eigenvalue weighted by Crippen LogP contribution is -2.49. The topological polar surface area (TPSA) is 78.9 Å². The van der Waals surface area contributed by atoms with E-state index in [0.29, 0.717) is 36.9 Å². The van der Waals surface area contributed by atoms with Gasteiger partial charge in [-0.3, -0.25) is 14.5 Å². The van der Waals surface area contributed by atoms with Gasteiger partial charge in [0.2, 0.25) is 5.91 Å². The average molecular weight is 341 g/mol. The maximum Gasteiger partial charge on any atom is 0.320 e. The molecule has 1 unspecified atom stereocenters. The van der Waals surface area contributed by atoms with Crippen LogP contribution in [0.2, 0.25) is 5.02 Å². The molecule has 1 aromatic rings. The summed E-state index contributed by atoms with van der Waals surface area (Å²) in [6.07, 6.45) is 2.41. The summed E-state index contributed by atoms with van der Waals surface area (Å²) in [4.78, 5) is 24.8. The number of aliphatic carboxylic acids is 1. The van der Waals surface area contributed by atoms with Crippen LogP contribution in [0, 0.1) is 0 Å². The molecule has 23 heavy (non-hydrogen) atoms. The number of nitrogens with one attached hydrogen (secondary N) is 1. The Morgan fingerprint density at radius 2 is 2.22 bits per heavy atom. The number of piperidine rings is 1. The number of carboxylic acid groups (broad SMARTS) is 1. The molecule has 1 aliphatic rings. The number of amides is 1. The highest BCUT2D eigenvalue weighted by Crippen LogP contribution is 2.17. The highest BCUT2D eigenvalue weighted by Gasteiger charge is 2.29. The first-order valence-electron chi connectivity index (χ1n) is 7.68. The normalized spacial score (nSPS) is 18.4. The zero-order valence-electron chi connectivity index (χ0n) is 12.8. The highest BCUT2D eigenvalue weighted by atomic mass is 35.5. The van der Waals surface area contributed by atoms with Gasteiger partial charge in [0.05, 0.1) is 13.1 Å². The van der Waals surface area contributed by atoms with Gasteiger partial charge in [-0.25, -0.2) is 0 Å². The summed E-state index contributed by atoms with van der Waals surface area (Å²) >= 11 is 5.85. The van der Waals surface area contributed by atoms with Gasteiger partial charge in [-0.15, -0.1) is 0 Å². The molecule has 0 bridgehead atoms. The van der Waals surface area contributed by atoms with Crippen molar-refractivity contribution in [1.82, 2.24) is 10.2 Å². The number of carboxylic acids is 1. The smallest absolute Gasteiger partial charge is 0.320 e. The third-order valence-electron chi connectivity index (χ3n) is 3.73. The minimum absolute atomic E-state index is 0.105. The van der Waals surface area contributed by atoms with Crippen molar-refractivity contribution in [1.29, 1.82) is 0 Å². The maximum atomic E-state index is 11.9. The van der Waals surface area contributed by atoms with Crippen LogP contribution >= 0.6 is 11.6 Å². The fraction of sp³-hybridized carbons (Fsp3) is 0.500. The van der Waals surface area contributed by atoms with Crippen molar-refractivity contribution in [2.45, 2.75) is 25.3 Å². The Kier molecular flexibility index (Phi) is 6.67. The second-order valence-electron chi connectivity index (χ2n) is 5.48. The molecule has 0 radical (unpaired) electrons. The number of likely N-dealkylation sites (tertiary alicyclic amines) is 1. The molecule has 1 atom stereocenters. The molecule has 7 heteroatoms. The molecule has 0 aliphatic carbocycles. The number of carbonyl (C=O) groups excluding carboxylic acids is 1. The number of carbonyl (C=O) groups is 2. The monoisotopic (exact) mass is 340 g/mol. The van der Waals surface area contributed by atoms with E-state index in [1.807, 2.05) is 0 Å². The third-order valence-corrected chi connectivity index (χ3v) is 3.97. The molecule has 1 amide bonds. The number of halogens is 1. The van der Waals surface area contributed by atoms with E-state index in [-0.39, 0.29) is 12.5 Å². The summed E-state index contributed by atoms with van der Waals surface area (Å²) in [5, 5.41) is 12.5. The summed E-state index contributed by atoms with van der Waals surface area (Å²) in [7, 11) is 0. The number of hydrogen-bond acceptors (Lipinski definition) is 4. The van der Waals surface area contributed by atoms with Crippen LogP contribution in [-0.4, -0.2) is 54.2 Å². The highest BCUT2D eigenvalue weighted by molar-refractivity contribution is 6.30. The Morgan fingerprint density at radius 1 is 1.39 bits per heavy atom. The summed E-state index contributed by atoms with van der Waals surface area (Å²) < 4.78 is 5.48. The molecule has 1 aromatic carbocycles. The molecule has 1 aliphatic heterocycles. The Labute approximate surface area is 140 Å². The molecule has 1 fully saturated rings. The zero-order chi connectivity index (χ0) is 16.7. The molecule has 1 saturated heterocycles. The van der Waals surface area contributed by atoms with Crippen molar-refractivity contribution in [3.05, 3.63) is 29.3 Å². The van der Waals surface area contributed by atoms with Crippen LogP contribution in [0.3, 0.4) is 0 Å². The summed E-state index contributed by atoms with van der Waals surface area (Å²) in [6, 6.07) is 6.48. The minimum Gasteiger partial charge on any atom is -0.492 e. The van der Waals surface area contributed by atoms with Crippen molar-refractivity contribution in [2.24, 2.45) is 0 Å². The number of ether oxygens (including phenoxy) is 1.